The number of carbonyl (C=O) groups is 1. The lowest BCUT2D eigenvalue weighted by atomic mass is 10.2. The maximum atomic E-state index is 12.3. The molecule has 1 aromatic rings. The van der Waals surface area contributed by atoms with Crippen LogP contribution < -0.4 is 11.1 Å². The first-order valence-electron chi connectivity index (χ1n) is 6.42. The highest BCUT2D eigenvalue weighted by atomic mass is 32.2. The topological polar surface area (TPSA) is 60.1 Å². The summed E-state index contributed by atoms with van der Waals surface area (Å²) in [5.41, 5.74) is 7.17. The molecule has 1 aromatic heterocycles. The number of aromatic nitrogens is 1. The van der Waals surface area contributed by atoms with E-state index in [1.54, 1.807) is 17.8 Å². The number of anilines is 1. The minimum absolute atomic E-state index is 0.000463. The van der Waals surface area contributed by atoms with Gasteiger partial charge in [0, 0.05) is 24.0 Å². The molecule has 1 heterocycles. The number of rotatable bonds is 6. The molecule has 100 valence electrons. The maximum Gasteiger partial charge on any atom is 0.268 e. The second kappa shape index (κ2) is 5.69. The van der Waals surface area contributed by atoms with Crippen molar-refractivity contribution in [3.8, 4) is 0 Å². The summed E-state index contributed by atoms with van der Waals surface area (Å²) < 4.78 is 2.02. The first kappa shape index (κ1) is 13.3. The Labute approximate surface area is 112 Å². The van der Waals surface area contributed by atoms with E-state index >= 15 is 0 Å². The van der Waals surface area contributed by atoms with Crippen LogP contribution in [0.4, 0.5) is 5.69 Å². The van der Waals surface area contributed by atoms with Crippen molar-refractivity contribution in [2.75, 3.05) is 17.7 Å². The summed E-state index contributed by atoms with van der Waals surface area (Å²) in [5.74, 6) is 0.946. The second-order valence-electron chi connectivity index (χ2n) is 4.83. The zero-order chi connectivity index (χ0) is 13.1. The van der Waals surface area contributed by atoms with Crippen LogP contribution in [0, 0.1) is 0 Å². The van der Waals surface area contributed by atoms with Gasteiger partial charge in [0.25, 0.3) is 5.91 Å². The van der Waals surface area contributed by atoms with Gasteiger partial charge in [0.2, 0.25) is 0 Å². The summed E-state index contributed by atoms with van der Waals surface area (Å²) in [6.07, 6.45) is 7.18. The number of thioether (sulfide) groups is 1. The van der Waals surface area contributed by atoms with E-state index in [-0.39, 0.29) is 11.9 Å². The second-order valence-corrected chi connectivity index (χ2v) is 5.74. The van der Waals surface area contributed by atoms with Crippen molar-refractivity contribution in [2.45, 2.75) is 38.3 Å². The number of amides is 1. The van der Waals surface area contributed by atoms with Crippen molar-refractivity contribution >= 4 is 23.4 Å². The maximum absolute atomic E-state index is 12.3. The van der Waals surface area contributed by atoms with E-state index in [9.17, 15) is 4.79 Å². The van der Waals surface area contributed by atoms with Gasteiger partial charge in [-0.05, 0) is 31.6 Å². The molecule has 0 spiro atoms. The van der Waals surface area contributed by atoms with Gasteiger partial charge in [-0.3, -0.25) is 4.79 Å². The Morgan fingerprint density at radius 2 is 2.39 bits per heavy atom. The summed E-state index contributed by atoms with van der Waals surface area (Å²) in [6.45, 7) is 2.09. The Hall–Kier alpha value is -1.10. The molecule has 1 aliphatic carbocycles. The van der Waals surface area contributed by atoms with Crippen LogP contribution in [0.1, 0.15) is 42.7 Å². The molecule has 5 heteroatoms. The zero-order valence-corrected chi connectivity index (χ0v) is 11.8. The molecule has 0 aromatic carbocycles. The van der Waals surface area contributed by atoms with Crippen LogP contribution in [0.2, 0.25) is 0 Å². The number of nitrogens with one attached hydrogen (secondary N) is 1. The molecule has 1 aliphatic rings. The van der Waals surface area contributed by atoms with Crippen molar-refractivity contribution in [3.63, 3.8) is 0 Å². The largest absolute Gasteiger partial charge is 0.397 e. The van der Waals surface area contributed by atoms with Gasteiger partial charge in [-0.15, -0.1) is 0 Å². The number of nitrogen functional groups attached to an aromatic ring is 1. The van der Waals surface area contributed by atoms with Crippen LogP contribution in [0.3, 0.4) is 0 Å². The average molecular weight is 267 g/mol. The van der Waals surface area contributed by atoms with Gasteiger partial charge in [0.05, 0.1) is 5.69 Å². The first-order valence-corrected chi connectivity index (χ1v) is 7.82. The summed E-state index contributed by atoms with van der Waals surface area (Å²) >= 11 is 1.75. The molecule has 1 atom stereocenters. The van der Waals surface area contributed by atoms with Gasteiger partial charge < -0.3 is 15.6 Å². The highest BCUT2D eigenvalue weighted by Crippen LogP contribution is 2.37. The Kier molecular flexibility index (Phi) is 4.22. The third-order valence-electron chi connectivity index (χ3n) is 3.24. The fraction of sp³-hybridized carbons (Fsp3) is 0.615. The molecular weight excluding hydrogens is 246 g/mol. The third kappa shape index (κ3) is 3.02. The summed E-state index contributed by atoms with van der Waals surface area (Å²) in [7, 11) is 0. The van der Waals surface area contributed by atoms with E-state index in [2.05, 4.69) is 18.5 Å². The Morgan fingerprint density at radius 1 is 1.67 bits per heavy atom. The highest BCUT2D eigenvalue weighted by molar-refractivity contribution is 7.98. The molecule has 4 nitrogen and oxygen atoms in total. The molecule has 18 heavy (non-hydrogen) atoms. The summed E-state index contributed by atoms with van der Waals surface area (Å²) in [5, 5.41) is 3.08. The molecule has 0 bridgehead atoms. The molecule has 0 saturated heterocycles. The van der Waals surface area contributed by atoms with Crippen molar-refractivity contribution in [3.05, 3.63) is 18.0 Å². The van der Waals surface area contributed by atoms with E-state index in [1.807, 2.05) is 10.8 Å². The number of hydrogen-bond acceptors (Lipinski definition) is 3. The minimum atomic E-state index is -0.000463. The highest BCUT2D eigenvalue weighted by Gasteiger charge is 2.28. The normalized spacial score (nSPS) is 16.6. The minimum Gasteiger partial charge on any atom is -0.397 e. The number of carbonyl (C=O) groups excluding carboxylic acids is 1. The Bertz CT molecular complexity index is 426. The van der Waals surface area contributed by atoms with E-state index in [1.165, 1.54) is 0 Å². The van der Waals surface area contributed by atoms with Crippen LogP contribution in [0.5, 0.6) is 0 Å². The van der Waals surface area contributed by atoms with Crippen molar-refractivity contribution in [1.29, 1.82) is 0 Å². The van der Waals surface area contributed by atoms with Crippen LogP contribution in [-0.4, -0.2) is 28.5 Å². The van der Waals surface area contributed by atoms with E-state index in [4.69, 9.17) is 5.73 Å². The predicted molar refractivity (Wildman–Crippen MR) is 77.0 cm³/mol. The molecule has 1 unspecified atom stereocenters. The van der Waals surface area contributed by atoms with Crippen LogP contribution in [-0.2, 0) is 0 Å². The van der Waals surface area contributed by atoms with Crippen molar-refractivity contribution in [2.24, 2.45) is 0 Å². The third-order valence-corrected chi connectivity index (χ3v) is 3.97. The zero-order valence-electron chi connectivity index (χ0n) is 11.0. The van der Waals surface area contributed by atoms with Crippen LogP contribution >= 0.6 is 11.8 Å². The van der Waals surface area contributed by atoms with Crippen LogP contribution in [0.15, 0.2) is 12.3 Å². The Balaban J connectivity index is 2.08. The van der Waals surface area contributed by atoms with Gasteiger partial charge in [-0.2, -0.15) is 11.8 Å². The number of hydrogen-bond donors (Lipinski definition) is 2. The molecule has 1 saturated carbocycles. The summed E-state index contributed by atoms with van der Waals surface area (Å²) in [4.78, 5) is 12.3. The monoisotopic (exact) mass is 267 g/mol. The molecule has 3 N–H and O–H groups in total. The van der Waals surface area contributed by atoms with E-state index in [0.717, 1.165) is 25.0 Å². The number of nitrogens with two attached hydrogens (primary N) is 1. The fourth-order valence-electron chi connectivity index (χ4n) is 2.06. The quantitative estimate of drug-likeness (QED) is 0.831. The number of nitrogens with zero attached hydrogens (tertiary/aromatic N) is 1. The van der Waals surface area contributed by atoms with Gasteiger partial charge >= 0.3 is 0 Å². The standard InChI is InChI=1S/C13H21N3OS/c1-3-10(8-18-2)15-13(17)12-6-9(14)7-16(12)11-4-5-11/h6-7,10-11H,3-5,8,14H2,1-2H3,(H,15,17). The molecule has 0 radical (unpaired) electrons. The first-order chi connectivity index (χ1) is 8.65. The van der Waals surface area contributed by atoms with Crippen molar-refractivity contribution in [1.82, 2.24) is 9.88 Å². The molecule has 1 amide bonds. The lowest BCUT2D eigenvalue weighted by Crippen LogP contribution is -2.37. The average Bonchev–Trinajstić information content (AvgIpc) is 3.11. The molecule has 0 aliphatic heterocycles. The molecule has 1 fully saturated rings. The van der Waals surface area contributed by atoms with E-state index in [0.29, 0.717) is 17.4 Å². The lowest BCUT2D eigenvalue weighted by Gasteiger charge is -2.16. The molecular formula is C13H21N3OS. The fourth-order valence-corrected chi connectivity index (χ4v) is 2.78. The lowest BCUT2D eigenvalue weighted by molar-refractivity contribution is 0.0930. The van der Waals surface area contributed by atoms with Gasteiger partial charge in [0.15, 0.2) is 0 Å². The SMILES string of the molecule is CCC(CSC)NC(=O)c1cc(N)cn1C1CC1. The molecule has 2 rings (SSSR count). The van der Waals surface area contributed by atoms with Gasteiger partial charge in [-0.1, -0.05) is 6.92 Å². The Morgan fingerprint density at radius 3 is 2.94 bits per heavy atom. The van der Waals surface area contributed by atoms with Crippen molar-refractivity contribution < 1.29 is 4.79 Å². The van der Waals surface area contributed by atoms with Crippen LogP contribution in [0.25, 0.3) is 0 Å². The van der Waals surface area contributed by atoms with Gasteiger partial charge in [-0.25, -0.2) is 0 Å². The summed E-state index contributed by atoms with van der Waals surface area (Å²) in [6, 6.07) is 2.49. The van der Waals surface area contributed by atoms with Gasteiger partial charge in [0.1, 0.15) is 5.69 Å². The smallest absolute Gasteiger partial charge is 0.268 e. The predicted octanol–water partition coefficient (Wildman–Crippen LogP) is 2.28. The van der Waals surface area contributed by atoms with E-state index < -0.39 is 0 Å².